The van der Waals surface area contributed by atoms with Crippen LogP contribution in [0.5, 0.6) is 0 Å². The highest BCUT2D eigenvalue weighted by atomic mass is 14.7. The molecule has 0 aliphatic carbocycles. The number of aryl methyl sites for hydroxylation is 6. The zero-order valence-electron chi connectivity index (χ0n) is 69.4. The van der Waals surface area contributed by atoms with E-state index in [-0.39, 0.29) is 0 Å². The van der Waals surface area contributed by atoms with Gasteiger partial charge in [0, 0.05) is 78.2 Å². The lowest BCUT2D eigenvalue weighted by Crippen LogP contribution is -1.84. The lowest BCUT2D eigenvalue weighted by Gasteiger charge is -2.03. The van der Waals surface area contributed by atoms with Gasteiger partial charge < -0.3 is 0 Å². The van der Waals surface area contributed by atoms with Gasteiger partial charge >= 0.3 is 0 Å². The Kier molecular flexibility index (Phi) is 77.9. The molecule has 6 aromatic heterocycles. The average molecular weight is 1380 g/mol. The summed E-state index contributed by atoms with van der Waals surface area (Å²) in [4.78, 5) is 25.0. The fourth-order valence-electron chi connectivity index (χ4n) is 8.02. The molecule has 0 aliphatic rings. The molecule has 552 valence electrons. The molecule has 6 heteroatoms. The first-order valence-corrected chi connectivity index (χ1v) is 38.0. The molecule has 0 amide bonds. The molecule has 6 aromatic carbocycles. The van der Waals surface area contributed by atoms with Gasteiger partial charge in [0.15, 0.2) is 0 Å². The first-order valence-electron chi connectivity index (χ1n) is 38.0. The molecule has 6 nitrogen and oxygen atoms in total. The highest BCUT2D eigenvalue weighted by Crippen LogP contribution is 2.24. The van der Waals surface area contributed by atoms with Crippen LogP contribution in [0, 0.1) is 41.5 Å². The molecule has 12 rings (SSSR count). The molecular formula is C96H138N6. The van der Waals surface area contributed by atoms with Gasteiger partial charge in [0.2, 0.25) is 0 Å². The third kappa shape index (κ3) is 46.5. The van der Waals surface area contributed by atoms with Crippen LogP contribution in [0.4, 0.5) is 0 Å². The maximum atomic E-state index is 4.44. The first-order chi connectivity index (χ1) is 50.2. The van der Waals surface area contributed by atoms with Crippen LogP contribution in [-0.4, -0.2) is 29.9 Å². The molecule has 6 heterocycles. The molecule has 0 unspecified atom stereocenters. The Morgan fingerprint density at radius 2 is 0.529 bits per heavy atom. The highest BCUT2D eigenvalue weighted by molar-refractivity contribution is 5.68. The quantitative estimate of drug-likeness (QED) is 0.165. The van der Waals surface area contributed by atoms with E-state index in [0.717, 1.165) is 17.1 Å². The molecule has 0 atom stereocenters. The molecule has 102 heavy (non-hydrogen) atoms. The van der Waals surface area contributed by atoms with Crippen molar-refractivity contribution >= 4 is 0 Å². The zero-order valence-corrected chi connectivity index (χ0v) is 69.4. The number of pyridine rings is 6. The molecule has 0 aliphatic heterocycles. The predicted octanol–water partition coefficient (Wildman–Crippen LogP) is 30.7. The predicted molar refractivity (Wildman–Crippen MR) is 463 cm³/mol. The smallest absolute Gasteiger partial charge is 0.0705 e. The number of aromatic nitrogens is 6. The topological polar surface area (TPSA) is 77.3 Å². The van der Waals surface area contributed by atoms with Crippen molar-refractivity contribution in [2.45, 2.75) is 208 Å². The van der Waals surface area contributed by atoms with Crippen LogP contribution >= 0.6 is 0 Å². The molecule has 0 saturated carbocycles. The molecule has 0 bridgehead atoms. The van der Waals surface area contributed by atoms with Crippen molar-refractivity contribution in [3.05, 3.63) is 326 Å². The van der Waals surface area contributed by atoms with Gasteiger partial charge in [-0.15, -0.1) is 0 Å². The van der Waals surface area contributed by atoms with E-state index >= 15 is 0 Å². The normalized spacial score (nSPS) is 8.29. The van der Waals surface area contributed by atoms with Gasteiger partial charge in [-0.3, -0.25) is 29.9 Å². The van der Waals surface area contributed by atoms with Crippen LogP contribution < -0.4 is 0 Å². The molecule has 0 radical (unpaired) electrons. The Morgan fingerprint density at radius 1 is 0.196 bits per heavy atom. The summed E-state index contributed by atoms with van der Waals surface area (Å²) in [5, 5.41) is 0. The average Bonchev–Trinajstić information content (AvgIpc) is 0.890. The second-order valence-corrected chi connectivity index (χ2v) is 18.4. The van der Waals surface area contributed by atoms with E-state index in [9.17, 15) is 0 Å². The summed E-state index contributed by atoms with van der Waals surface area (Å²) >= 11 is 0. The molecule has 0 spiro atoms. The summed E-state index contributed by atoms with van der Waals surface area (Å²) in [6.07, 6.45) is 16.5. The van der Waals surface area contributed by atoms with Crippen molar-refractivity contribution < 1.29 is 0 Å². The third-order valence-electron chi connectivity index (χ3n) is 12.3. The van der Waals surface area contributed by atoms with E-state index in [2.05, 4.69) is 210 Å². The second kappa shape index (κ2) is 77.0. The summed E-state index contributed by atoms with van der Waals surface area (Å²) in [5.74, 6) is 0. The van der Waals surface area contributed by atoms with E-state index in [1.807, 2.05) is 301 Å². The first kappa shape index (κ1) is 103. The van der Waals surface area contributed by atoms with Gasteiger partial charge in [-0.2, -0.15) is 0 Å². The Bertz CT molecular complexity index is 3340. The Labute approximate surface area is 626 Å². The summed E-state index contributed by atoms with van der Waals surface area (Å²) in [6.45, 7) is 60.5. The van der Waals surface area contributed by atoms with E-state index in [1.165, 1.54) is 83.5 Å². The number of hydrogen-bond acceptors (Lipinski definition) is 6. The van der Waals surface area contributed by atoms with E-state index in [1.54, 1.807) is 18.6 Å². The van der Waals surface area contributed by atoms with E-state index in [4.69, 9.17) is 0 Å². The Hall–Kier alpha value is -9.78. The molecule has 0 saturated heterocycles. The van der Waals surface area contributed by atoms with Crippen molar-refractivity contribution in [1.29, 1.82) is 0 Å². The number of rotatable bonds is 6. The molecule has 0 N–H and O–H groups in total. The minimum atomic E-state index is 1.04. The van der Waals surface area contributed by atoms with Crippen molar-refractivity contribution in [3.8, 4) is 67.0 Å². The third-order valence-corrected chi connectivity index (χ3v) is 12.3. The van der Waals surface area contributed by atoms with Crippen LogP contribution in [0.15, 0.2) is 292 Å². The SMILES string of the molecule is CC.CC.CC.CC.CC.CC.CC.CC.CC.CC.CC.CC.Cc1ccc(-c2cccnc2)cc1.Cc1ccc(-c2cccnc2)cc1.Cc1cccc(-c2ccccc2)n1.Cc1ccccc1-c1cccnc1.Cc1ccccc1-c1ccncc1.Cc1ccnc(-c2ccccc2)c1. The van der Waals surface area contributed by atoms with Gasteiger partial charge in [0.1, 0.15) is 0 Å². The van der Waals surface area contributed by atoms with Gasteiger partial charge in [0.25, 0.3) is 0 Å². The van der Waals surface area contributed by atoms with E-state index in [0.29, 0.717) is 0 Å². The fraction of sp³-hybridized carbons (Fsp3) is 0.312. The van der Waals surface area contributed by atoms with Crippen LogP contribution in [0.3, 0.4) is 0 Å². The summed E-state index contributed by atoms with van der Waals surface area (Å²) in [6, 6.07) is 80.3. The molecule has 0 fully saturated rings. The van der Waals surface area contributed by atoms with Crippen LogP contribution in [0.25, 0.3) is 67.0 Å². The standard InChI is InChI=1S/6C12H11N.12C2H6/c2*1-10-4-6-11(7-5-10)12-3-2-8-13-9-12;1-10-5-2-3-7-12(10)11-6-4-8-13-9-11;1-10-6-5-9-12(13-10)11-7-3-2-4-8-11;1-10-4-2-3-5-12(10)11-6-8-13-9-7-11;1-10-7-8-13-12(9-10)11-5-3-2-4-6-11;12*1-2/h6*2-9H,1H3;12*1-2H3. The summed E-state index contributed by atoms with van der Waals surface area (Å²) < 4.78 is 0. The second-order valence-electron chi connectivity index (χ2n) is 18.4. The minimum Gasteiger partial charge on any atom is -0.265 e. The van der Waals surface area contributed by atoms with E-state index < -0.39 is 0 Å². The largest absolute Gasteiger partial charge is 0.265 e. The lowest BCUT2D eigenvalue weighted by molar-refractivity contribution is 1.21. The molecule has 12 aromatic rings. The van der Waals surface area contributed by atoms with Crippen molar-refractivity contribution in [2.24, 2.45) is 0 Å². The van der Waals surface area contributed by atoms with Crippen LogP contribution in [0.2, 0.25) is 0 Å². The van der Waals surface area contributed by atoms with Crippen molar-refractivity contribution in [2.75, 3.05) is 0 Å². The summed E-state index contributed by atoms with van der Waals surface area (Å²) in [7, 11) is 0. The van der Waals surface area contributed by atoms with Crippen LogP contribution in [-0.2, 0) is 0 Å². The zero-order chi connectivity index (χ0) is 78.6. The van der Waals surface area contributed by atoms with Gasteiger partial charge in [-0.25, -0.2) is 0 Å². The number of nitrogens with zero attached hydrogens (tertiary/aromatic N) is 6. The van der Waals surface area contributed by atoms with Crippen LogP contribution in [0.1, 0.15) is 200 Å². The maximum absolute atomic E-state index is 4.44. The Morgan fingerprint density at radius 3 is 0.873 bits per heavy atom. The fourth-order valence-corrected chi connectivity index (χ4v) is 8.02. The molecular weight excluding hydrogens is 1240 g/mol. The number of benzene rings is 6. The van der Waals surface area contributed by atoms with Crippen molar-refractivity contribution in [3.63, 3.8) is 0 Å². The highest BCUT2D eigenvalue weighted by Gasteiger charge is 2.02. The minimum absolute atomic E-state index is 1.04. The summed E-state index contributed by atoms with van der Waals surface area (Å²) in [5.41, 5.74) is 21.6. The van der Waals surface area contributed by atoms with Gasteiger partial charge in [-0.1, -0.05) is 359 Å². The lowest BCUT2D eigenvalue weighted by atomic mass is 10.0. The van der Waals surface area contributed by atoms with Crippen molar-refractivity contribution in [1.82, 2.24) is 29.9 Å². The van der Waals surface area contributed by atoms with Gasteiger partial charge in [-0.05, 0) is 152 Å². The Balaban J connectivity index is -0.000000255. The monoisotopic (exact) mass is 1380 g/mol. The maximum Gasteiger partial charge on any atom is 0.0705 e. The van der Waals surface area contributed by atoms with Gasteiger partial charge in [0.05, 0.1) is 11.4 Å². The number of hydrogen-bond donors (Lipinski definition) is 0.